The zero-order chi connectivity index (χ0) is 9.26. The van der Waals surface area contributed by atoms with Gasteiger partial charge >= 0.3 is 0 Å². The summed E-state index contributed by atoms with van der Waals surface area (Å²) in [6.45, 7) is 0. The Morgan fingerprint density at radius 1 is 1.46 bits per heavy atom. The van der Waals surface area contributed by atoms with Gasteiger partial charge in [-0.05, 0) is 36.5 Å². The zero-order valence-electron chi connectivity index (χ0n) is 7.29. The number of rotatable bonds is 1. The van der Waals surface area contributed by atoms with E-state index in [9.17, 15) is 9.18 Å². The largest absolute Gasteiger partial charge is 0.298 e. The van der Waals surface area contributed by atoms with Crippen molar-refractivity contribution in [1.29, 1.82) is 0 Å². The molecule has 68 valence electrons. The molecule has 1 nitrogen and oxygen atoms in total. The van der Waals surface area contributed by atoms with Crippen molar-refractivity contribution in [2.45, 2.75) is 25.4 Å². The molecule has 0 bridgehead atoms. The van der Waals surface area contributed by atoms with E-state index in [0.29, 0.717) is 12.0 Å². The number of hydrogen-bond donors (Lipinski definition) is 0. The van der Waals surface area contributed by atoms with Gasteiger partial charge < -0.3 is 0 Å². The molecule has 0 N–H and O–H groups in total. The molecule has 2 heteroatoms. The molecule has 1 aromatic rings. The molecule has 1 unspecified atom stereocenters. The van der Waals surface area contributed by atoms with Gasteiger partial charge in [-0.2, -0.15) is 0 Å². The van der Waals surface area contributed by atoms with Gasteiger partial charge in [0.2, 0.25) is 0 Å². The summed E-state index contributed by atoms with van der Waals surface area (Å²) in [5.74, 6) is 0. The summed E-state index contributed by atoms with van der Waals surface area (Å²) in [5, 5.41) is 0. The molecular weight excluding hydrogens is 167 g/mol. The number of carbonyl (C=O) groups excluding carboxylic acids is 1. The van der Waals surface area contributed by atoms with Crippen LogP contribution in [0.4, 0.5) is 4.39 Å². The lowest BCUT2D eigenvalue weighted by molar-refractivity contribution is 0.112. The Balaban J connectivity index is 2.46. The predicted molar refractivity (Wildman–Crippen MR) is 48.6 cm³/mol. The molecule has 0 spiro atoms. The maximum Gasteiger partial charge on any atom is 0.150 e. The first kappa shape index (κ1) is 8.42. The van der Waals surface area contributed by atoms with Crippen LogP contribution in [0.1, 0.15) is 40.5 Å². The van der Waals surface area contributed by atoms with Crippen LogP contribution >= 0.6 is 0 Å². The number of halogens is 1. The fourth-order valence-corrected chi connectivity index (χ4v) is 1.83. The maximum atomic E-state index is 13.4. The Morgan fingerprint density at radius 3 is 3.08 bits per heavy atom. The summed E-state index contributed by atoms with van der Waals surface area (Å²) >= 11 is 0. The van der Waals surface area contributed by atoms with Gasteiger partial charge in [-0.25, -0.2) is 4.39 Å². The van der Waals surface area contributed by atoms with Crippen molar-refractivity contribution in [2.75, 3.05) is 0 Å². The molecule has 2 rings (SSSR count). The Kier molecular flexibility index (Phi) is 2.13. The van der Waals surface area contributed by atoms with Crippen molar-refractivity contribution in [2.24, 2.45) is 0 Å². The van der Waals surface area contributed by atoms with E-state index in [1.807, 2.05) is 6.07 Å². The number of carbonyl (C=O) groups is 1. The highest BCUT2D eigenvalue weighted by atomic mass is 19.1. The van der Waals surface area contributed by atoms with Gasteiger partial charge in [0.05, 0.1) is 0 Å². The van der Waals surface area contributed by atoms with Crippen LogP contribution in [-0.2, 0) is 6.42 Å². The van der Waals surface area contributed by atoms with Crippen LogP contribution in [0.3, 0.4) is 0 Å². The van der Waals surface area contributed by atoms with Crippen LogP contribution in [0.25, 0.3) is 0 Å². The SMILES string of the molecule is O=Cc1ccc2c(c1)C(F)CCC2. The van der Waals surface area contributed by atoms with E-state index in [1.165, 1.54) is 0 Å². The van der Waals surface area contributed by atoms with Crippen molar-refractivity contribution in [3.63, 3.8) is 0 Å². The van der Waals surface area contributed by atoms with Gasteiger partial charge in [0.25, 0.3) is 0 Å². The molecule has 13 heavy (non-hydrogen) atoms. The van der Waals surface area contributed by atoms with Crippen molar-refractivity contribution >= 4 is 6.29 Å². The summed E-state index contributed by atoms with van der Waals surface area (Å²) in [4.78, 5) is 10.5. The second-order valence-electron chi connectivity index (χ2n) is 3.44. The topological polar surface area (TPSA) is 17.1 Å². The molecule has 1 aromatic carbocycles. The van der Waals surface area contributed by atoms with Gasteiger partial charge in [-0.1, -0.05) is 12.1 Å². The molecule has 0 aromatic heterocycles. The summed E-state index contributed by atoms with van der Waals surface area (Å²) < 4.78 is 13.4. The minimum absolute atomic E-state index is 0.573. The molecule has 1 aliphatic carbocycles. The summed E-state index contributed by atoms with van der Waals surface area (Å²) in [5.41, 5.74) is 2.35. The Labute approximate surface area is 76.6 Å². The third-order valence-corrected chi connectivity index (χ3v) is 2.55. The van der Waals surface area contributed by atoms with Crippen LogP contribution in [0.5, 0.6) is 0 Å². The number of aryl methyl sites for hydroxylation is 1. The summed E-state index contributed by atoms with van der Waals surface area (Å²) in [7, 11) is 0. The first-order valence-corrected chi connectivity index (χ1v) is 4.53. The molecule has 0 amide bonds. The molecule has 0 fully saturated rings. The smallest absolute Gasteiger partial charge is 0.150 e. The molecular formula is C11H11FO. The lowest BCUT2D eigenvalue weighted by atomic mass is 9.89. The highest BCUT2D eigenvalue weighted by molar-refractivity contribution is 5.75. The Morgan fingerprint density at radius 2 is 2.31 bits per heavy atom. The van der Waals surface area contributed by atoms with E-state index in [2.05, 4.69) is 0 Å². The van der Waals surface area contributed by atoms with Crippen molar-refractivity contribution in [3.8, 4) is 0 Å². The highest BCUT2D eigenvalue weighted by Crippen LogP contribution is 2.32. The average Bonchev–Trinajstić information content (AvgIpc) is 2.18. The second-order valence-corrected chi connectivity index (χ2v) is 3.44. The second kappa shape index (κ2) is 3.29. The number of hydrogen-bond acceptors (Lipinski definition) is 1. The van der Waals surface area contributed by atoms with Crippen LogP contribution < -0.4 is 0 Å². The van der Waals surface area contributed by atoms with E-state index in [-0.39, 0.29) is 0 Å². The first-order valence-electron chi connectivity index (χ1n) is 4.53. The Bertz CT molecular complexity index is 333. The number of fused-ring (bicyclic) bond motifs is 1. The third-order valence-electron chi connectivity index (χ3n) is 2.55. The lowest BCUT2D eigenvalue weighted by Gasteiger charge is -2.19. The van der Waals surface area contributed by atoms with Gasteiger partial charge in [-0.3, -0.25) is 4.79 Å². The standard InChI is InChI=1S/C11H11FO/c12-11-3-1-2-9-5-4-8(7-13)6-10(9)11/h4-7,11H,1-3H2. The fourth-order valence-electron chi connectivity index (χ4n) is 1.83. The molecule has 0 saturated heterocycles. The van der Waals surface area contributed by atoms with E-state index in [1.54, 1.807) is 12.1 Å². The van der Waals surface area contributed by atoms with Crippen molar-refractivity contribution < 1.29 is 9.18 Å². The summed E-state index contributed by atoms with van der Waals surface area (Å²) in [6, 6.07) is 5.29. The number of alkyl halides is 1. The van der Waals surface area contributed by atoms with Crippen LogP contribution in [0.15, 0.2) is 18.2 Å². The van der Waals surface area contributed by atoms with Gasteiger partial charge in [0.15, 0.2) is 0 Å². The molecule has 0 heterocycles. The normalized spacial score (nSPS) is 20.8. The lowest BCUT2D eigenvalue weighted by Crippen LogP contribution is -2.06. The molecule has 0 saturated carbocycles. The molecule has 0 aliphatic heterocycles. The van der Waals surface area contributed by atoms with Crippen molar-refractivity contribution in [1.82, 2.24) is 0 Å². The van der Waals surface area contributed by atoms with Gasteiger partial charge in [-0.15, -0.1) is 0 Å². The van der Waals surface area contributed by atoms with Crippen LogP contribution in [0, 0.1) is 0 Å². The quantitative estimate of drug-likeness (QED) is 0.604. The zero-order valence-corrected chi connectivity index (χ0v) is 7.29. The highest BCUT2D eigenvalue weighted by Gasteiger charge is 2.19. The van der Waals surface area contributed by atoms with Gasteiger partial charge in [0.1, 0.15) is 12.5 Å². The van der Waals surface area contributed by atoms with E-state index in [4.69, 9.17) is 0 Å². The van der Waals surface area contributed by atoms with E-state index >= 15 is 0 Å². The minimum Gasteiger partial charge on any atom is -0.298 e. The van der Waals surface area contributed by atoms with Crippen molar-refractivity contribution in [3.05, 3.63) is 34.9 Å². The molecule has 1 atom stereocenters. The minimum atomic E-state index is -0.872. The maximum absolute atomic E-state index is 13.4. The third kappa shape index (κ3) is 1.48. The average molecular weight is 178 g/mol. The number of aldehydes is 1. The molecule has 0 radical (unpaired) electrons. The van der Waals surface area contributed by atoms with Crippen LogP contribution in [-0.4, -0.2) is 6.29 Å². The summed E-state index contributed by atoms with van der Waals surface area (Å²) in [6.07, 6.45) is 2.34. The monoisotopic (exact) mass is 178 g/mol. The first-order chi connectivity index (χ1) is 6.31. The van der Waals surface area contributed by atoms with E-state index in [0.717, 1.165) is 30.3 Å². The number of benzene rings is 1. The fraction of sp³-hybridized carbons (Fsp3) is 0.364. The van der Waals surface area contributed by atoms with E-state index < -0.39 is 6.17 Å². The van der Waals surface area contributed by atoms with Gasteiger partial charge in [0, 0.05) is 5.56 Å². The Hall–Kier alpha value is -1.18. The predicted octanol–water partition coefficient (Wildman–Crippen LogP) is 2.85. The molecule has 1 aliphatic rings. The van der Waals surface area contributed by atoms with Crippen LogP contribution in [0.2, 0.25) is 0 Å².